The molecular formula is C12H23N. The van der Waals surface area contributed by atoms with Crippen molar-refractivity contribution in [1.29, 1.82) is 0 Å². The second kappa shape index (κ2) is 4.45. The van der Waals surface area contributed by atoms with Gasteiger partial charge in [0.1, 0.15) is 0 Å². The number of hydrogen-bond donors (Lipinski definition) is 0. The average molecular weight is 181 g/mol. The molecule has 1 heteroatoms. The maximum atomic E-state index is 2.74. The largest absolute Gasteiger partial charge is 0.300 e. The minimum atomic E-state index is 0.994. The van der Waals surface area contributed by atoms with Crippen LogP contribution in [0.2, 0.25) is 0 Å². The molecule has 76 valence electrons. The second-order valence-electron chi connectivity index (χ2n) is 4.81. The van der Waals surface area contributed by atoms with Crippen molar-refractivity contribution in [3.63, 3.8) is 0 Å². The third kappa shape index (κ3) is 2.07. The predicted octanol–water partition coefficient (Wildman–Crippen LogP) is 3.05. The number of hydrogen-bond acceptors (Lipinski definition) is 1. The molecule has 1 saturated carbocycles. The van der Waals surface area contributed by atoms with Crippen molar-refractivity contribution in [2.45, 2.75) is 57.9 Å². The van der Waals surface area contributed by atoms with Gasteiger partial charge in [0.25, 0.3) is 0 Å². The van der Waals surface area contributed by atoms with Crippen molar-refractivity contribution in [3.8, 4) is 0 Å². The zero-order valence-corrected chi connectivity index (χ0v) is 8.97. The minimum Gasteiger partial charge on any atom is -0.300 e. The van der Waals surface area contributed by atoms with Gasteiger partial charge in [-0.2, -0.15) is 0 Å². The van der Waals surface area contributed by atoms with Gasteiger partial charge in [0.2, 0.25) is 0 Å². The Labute approximate surface area is 82.5 Å². The summed E-state index contributed by atoms with van der Waals surface area (Å²) in [5, 5.41) is 0. The zero-order valence-electron chi connectivity index (χ0n) is 8.97. The maximum Gasteiger partial charge on any atom is 0.0136 e. The van der Waals surface area contributed by atoms with Crippen LogP contribution in [0.1, 0.15) is 51.9 Å². The molecule has 0 amide bonds. The smallest absolute Gasteiger partial charge is 0.0136 e. The Morgan fingerprint density at radius 3 is 2.85 bits per heavy atom. The highest BCUT2D eigenvalue weighted by atomic mass is 15.2. The highest BCUT2D eigenvalue weighted by Crippen LogP contribution is 2.35. The predicted molar refractivity (Wildman–Crippen MR) is 56.8 cm³/mol. The number of fused-ring (bicyclic) bond motifs is 1. The van der Waals surface area contributed by atoms with Crippen LogP contribution in [0.25, 0.3) is 0 Å². The molecule has 2 rings (SSSR count). The Balaban J connectivity index is 1.77. The molecular weight excluding hydrogens is 158 g/mol. The van der Waals surface area contributed by atoms with Gasteiger partial charge in [-0.05, 0) is 31.7 Å². The summed E-state index contributed by atoms with van der Waals surface area (Å²) in [6.07, 6.45) is 10.3. The molecule has 2 atom stereocenters. The summed E-state index contributed by atoms with van der Waals surface area (Å²) in [7, 11) is 0. The molecule has 13 heavy (non-hydrogen) atoms. The highest BCUT2D eigenvalue weighted by molar-refractivity contribution is 4.92. The van der Waals surface area contributed by atoms with Gasteiger partial charge in [-0.15, -0.1) is 0 Å². The van der Waals surface area contributed by atoms with Crippen LogP contribution >= 0.6 is 0 Å². The van der Waals surface area contributed by atoms with Crippen LogP contribution in [-0.4, -0.2) is 24.0 Å². The summed E-state index contributed by atoms with van der Waals surface area (Å²) in [5.41, 5.74) is 0. The first-order valence-corrected chi connectivity index (χ1v) is 6.16. The number of rotatable bonds is 3. The second-order valence-corrected chi connectivity index (χ2v) is 4.81. The molecule has 1 aliphatic carbocycles. The van der Waals surface area contributed by atoms with Gasteiger partial charge in [0.15, 0.2) is 0 Å². The molecule has 1 nitrogen and oxygen atoms in total. The van der Waals surface area contributed by atoms with Crippen LogP contribution in [0, 0.1) is 5.92 Å². The van der Waals surface area contributed by atoms with Crippen LogP contribution < -0.4 is 0 Å². The van der Waals surface area contributed by atoms with Crippen LogP contribution in [-0.2, 0) is 0 Å². The van der Waals surface area contributed by atoms with Crippen molar-refractivity contribution in [3.05, 3.63) is 0 Å². The third-order valence-corrected chi connectivity index (χ3v) is 3.86. The van der Waals surface area contributed by atoms with Crippen LogP contribution in [0.15, 0.2) is 0 Å². The molecule has 0 N–H and O–H groups in total. The first-order chi connectivity index (χ1) is 6.42. The van der Waals surface area contributed by atoms with Crippen LogP contribution in [0.4, 0.5) is 0 Å². The van der Waals surface area contributed by atoms with Gasteiger partial charge in [-0.25, -0.2) is 0 Å². The van der Waals surface area contributed by atoms with Gasteiger partial charge in [-0.3, -0.25) is 4.90 Å². The quantitative estimate of drug-likeness (QED) is 0.647. The Hall–Kier alpha value is -0.0400. The topological polar surface area (TPSA) is 3.24 Å². The molecule has 0 radical (unpaired) electrons. The molecule has 1 heterocycles. The lowest BCUT2D eigenvalue weighted by atomic mass is 9.84. The van der Waals surface area contributed by atoms with Crippen molar-refractivity contribution in [1.82, 2.24) is 4.90 Å². The standard InChI is InChI=1S/C12H23N/c1-2-3-9-13-10-11-7-5-4-6-8-12(11)13/h11-12H,2-10H2,1H3. The average Bonchev–Trinajstić information content (AvgIpc) is 2.29. The maximum absolute atomic E-state index is 2.74. The number of nitrogens with zero attached hydrogens (tertiary/aromatic N) is 1. The summed E-state index contributed by atoms with van der Waals surface area (Å²) in [4.78, 5) is 2.74. The van der Waals surface area contributed by atoms with E-state index in [-0.39, 0.29) is 0 Å². The Bertz CT molecular complexity index is 155. The molecule has 0 spiro atoms. The minimum absolute atomic E-state index is 0.994. The van der Waals surface area contributed by atoms with Gasteiger partial charge in [-0.1, -0.05) is 32.6 Å². The Morgan fingerprint density at radius 1 is 1.15 bits per heavy atom. The molecule has 0 aromatic rings. The summed E-state index contributed by atoms with van der Waals surface area (Å²) >= 11 is 0. The lowest BCUT2D eigenvalue weighted by molar-refractivity contribution is 0.00957. The van der Waals surface area contributed by atoms with E-state index in [1.54, 1.807) is 0 Å². The molecule has 0 aromatic carbocycles. The number of unbranched alkanes of at least 4 members (excludes halogenated alkanes) is 1. The van der Waals surface area contributed by atoms with Gasteiger partial charge in [0.05, 0.1) is 0 Å². The molecule has 0 bridgehead atoms. The van der Waals surface area contributed by atoms with Crippen LogP contribution in [0.3, 0.4) is 0 Å². The lowest BCUT2D eigenvalue weighted by Crippen LogP contribution is -2.55. The van der Waals surface area contributed by atoms with Gasteiger partial charge in [0, 0.05) is 12.6 Å². The summed E-state index contributed by atoms with van der Waals surface area (Å²) < 4.78 is 0. The molecule has 1 aliphatic heterocycles. The van der Waals surface area contributed by atoms with E-state index < -0.39 is 0 Å². The Morgan fingerprint density at radius 2 is 2.00 bits per heavy atom. The van der Waals surface area contributed by atoms with Gasteiger partial charge < -0.3 is 0 Å². The van der Waals surface area contributed by atoms with Crippen molar-refractivity contribution < 1.29 is 0 Å². The summed E-state index contributed by atoms with van der Waals surface area (Å²) in [6, 6.07) is 0.994. The molecule has 2 fully saturated rings. The highest BCUT2D eigenvalue weighted by Gasteiger charge is 2.37. The monoisotopic (exact) mass is 181 g/mol. The summed E-state index contributed by atoms with van der Waals surface area (Å²) in [5.74, 6) is 1.08. The normalized spacial score (nSPS) is 34.8. The van der Waals surface area contributed by atoms with Crippen LogP contribution in [0.5, 0.6) is 0 Å². The fraction of sp³-hybridized carbons (Fsp3) is 1.00. The molecule has 2 aliphatic rings. The Kier molecular flexibility index (Phi) is 3.26. The number of likely N-dealkylation sites (tertiary alicyclic amines) is 1. The van der Waals surface area contributed by atoms with E-state index in [9.17, 15) is 0 Å². The first-order valence-electron chi connectivity index (χ1n) is 6.16. The summed E-state index contributed by atoms with van der Waals surface area (Å²) in [6.45, 7) is 5.09. The van der Waals surface area contributed by atoms with Crippen molar-refractivity contribution >= 4 is 0 Å². The molecule has 0 aromatic heterocycles. The fourth-order valence-corrected chi connectivity index (χ4v) is 2.98. The molecule has 1 saturated heterocycles. The van der Waals surface area contributed by atoms with E-state index in [2.05, 4.69) is 11.8 Å². The first kappa shape index (κ1) is 9.51. The third-order valence-electron chi connectivity index (χ3n) is 3.86. The van der Waals surface area contributed by atoms with E-state index in [4.69, 9.17) is 0 Å². The molecule has 2 unspecified atom stereocenters. The van der Waals surface area contributed by atoms with Gasteiger partial charge >= 0.3 is 0 Å². The van der Waals surface area contributed by atoms with E-state index in [0.29, 0.717) is 0 Å². The van der Waals surface area contributed by atoms with Crippen molar-refractivity contribution in [2.75, 3.05) is 13.1 Å². The zero-order chi connectivity index (χ0) is 9.10. The fourth-order valence-electron chi connectivity index (χ4n) is 2.98. The SMILES string of the molecule is CCCCN1CC2CCCCCC21. The lowest BCUT2D eigenvalue weighted by Gasteiger charge is -2.48. The van der Waals surface area contributed by atoms with E-state index in [1.807, 2.05) is 0 Å². The van der Waals surface area contributed by atoms with E-state index in [0.717, 1.165) is 12.0 Å². The van der Waals surface area contributed by atoms with E-state index >= 15 is 0 Å². The van der Waals surface area contributed by atoms with E-state index in [1.165, 1.54) is 58.0 Å². The van der Waals surface area contributed by atoms with Crippen molar-refractivity contribution in [2.24, 2.45) is 5.92 Å².